The number of nitrogens with zero attached hydrogens (tertiary/aromatic N) is 1. The van der Waals surface area contributed by atoms with Crippen LogP contribution in [0.25, 0.3) is 0 Å². The van der Waals surface area contributed by atoms with Gasteiger partial charge in [-0.1, -0.05) is 18.2 Å². The lowest BCUT2D eigenvalue weighted by Gasteiger charge is -2.40. The standard InChI is InChI=1S/C19H21NO4S2/c21-19(20-9-14-8-15(10-20)12-25-11-14)18-16(6-7-24-18)13-26(22,23)17-4-2-1-3-5-17/h1-7,14-15H,8-13H2. The number of hydrogen-bond donors (Lipinski definition) is 0. The number of thioether (sulfide) groups is 1. The molecule has 7 heteroatoms. The van der Waals surface area contributed by atoms with Gasteiger partial charge in [0.25, 0.3) is 5.91 Å². The topological polar surface area (TPSA) is 67.6 Å². The zero-order valence-corrected chi connectivity index (χ0v) is 16.0. The minimum atomic E-state index is -3.52. The molecule has 4 rings (SSSR count). The van der Waals surface area contributed by atoms with E-state index in [9.17, 15) is 13.2 Å². The third-order valence-corrected chi connectivity index (χ3v) is 8.10. The number of hydrogen-bond acceptors (Lipinski definition) is 5. The molecular weight excluding hydrogens is 370 g/mol. The van der Waals surface area contributed by atoms with Gasteiger partial charge in [0.05, 0.1) is 16.9 Å². The lowest BCUT2D eigenvalue weighted by atomic mass is 9.91. The van der Waals surface area contributed by atoms with E-state index in [-0.39, 0.29) is 22.3 Å². The van der Waals surface area contributed by atoms with Crippen LogP contribution in [0.1, 0.15) is 22.5 Å². The monoisotopic (exact) mass is 391 g/mol. The third-order valence-electron chi connectivity index (χ3n) is 5.01. The number of carbonyl (C=O) groups is 1. The number of carbonyl (C=O) groups excluding carboxylic acids is 1. The van der Waals surface area contributed by atoms with Gasteiger partial charge in [-0.2, -0.15) is 11.8 Å². The first-order valence-electron chi connectivity index (χ1n) is 8.74. The quantitative estimate of drug-likeness (QED) is 0.801. The van der Waals surface area contributed by atoms with E-state index >= 15 is 0 Å². The van der Waals surface area contributed by atoms with Gasteiger partial charge in [-0.15, -0.1) is 0 Å². The maximum absolute atomic E-state index is 13.0. The van der Waals surface area contributed by atoms with Gasteiger partial charge in [0.15, 0.2) is 15.6 Å². The van der Waals surface area contributed by atoms with E-state index in [1.807, 2.05) is 16.7 Å². The van der Waals surface area contributed by atoms with Gasteiger partial charge in [0.1, 0.15) is 0 Å². The second-order valence-electron chi connectivity index (χ2n) is 7.06. The highest BCUT2D eigenvalue weighted by Crippen LogP contribution is 2.34. The maximum Gasteiger partial charge on any atom is 0.289 e. The molecule has 26 heavy (non-hydrogen) atoms. The van der Waals surface area contributed by atoms with E-state index in [1.165, 1.54) is 12.7 Å². The van der Waals surface area contributed by atoms with E-state index < -0.39 is 9.84 Å². The number of piperidine rings is 1. The Labute approximate surface area is 157 Å². The Morgan fingerprint density at radius 1 is 1.12 bits per heavy atom. The smallest absolute Gasteiger partial charge is 0.289 e. The number of furan rings is 1. The van der Waals surface area contributed by atoms with Crippen molar-refractivity contribution in [2.75, 3.05) is 24.6 Å². The first-order chi connectivity index (χ1) is 12.5. The molecule has 2 atom stereocenters. The Morgan fingerprint density at radius 3 is 2.50 bits per heavy atom. The molecule has 2 aromatic rings. The van der Waals surface area contributed by atoms with E-state index in [1.54, 1.807) is 36.4 Å². The van der Waals surface area contributed by atoms with Crippen molar-refractivity contribution in [3.63, 3.8) is 0 Å². The van der Waals surface area contributed by atoms with Crippen LogP contribution in [0.2, 0.25) is 0 Å². The average Bonchev–Trinajstić information content (AvgIpc) is 3.09. The molecule has 2 bridgehead atoms. The summed E-state index contributed by atoms with van der Waals surface area (Å²) in [5, 5.41) is 0. The van der Waals surface area contributed by atoms with Crippen LogP contribution in [0.15, 0.2) is 52.0 Å². The Morgan fingerprint density at radius 2 is 1.81 bits per heavy atom. The number of rotatable bonds is 4. The van der Waals surface area contributed by atoms with Gasteiger partial charge < -0.3 is 9.32 Å². The second-order valence-corrected chi connectivity index (χ2v) is 10.1. The van der Waals surface area contributed by atoms with Crippen molar-refractivity contribution < 1.29 is 17.6 Å². The fourth-order valence-electron chi connectivity index (χ4n) is 3.82. The Bertz CT molecular complexity index is 879. The minimum Gasteiger partial charge on any atom is -0.459 e. The van der Waals surface area contributed by atoms with Crippen LogP contribution in [-0.4, -0.2) is 43.8 Å². The predicted molar refractivity (Wildman–Crippen MR) is 101 cm³/mol. The number of benzene rings is 1. The van der Waals surface area contributed by atoms with Gasteiger partial charge >= 0.3 is 0 Å². The van der Waals surface area contributed by atoms with Crippen molar-refractivity contribution in [1.29, 1.82) is 0 Å². The van der Waals surface area contributed by atoms with Gasteiger partial charge in [-0.3, -0.25) is 4.79 Å². The fraction of sp³-hybridized carbons (Fsp3) is 0.421. The van der Waals surface area contributed by atoms with Crippen molar-refractivity contribution in [2.45, 2.75) is 17.1 Å². The molecule has 1 aromatic heterocycles. The number of likely N-dealkylation sites (tertiary alicyclic amines) is 1. The molecule has 2 aliphatic heterocycles. The highest BCUT2D eigenvalue weighted by Gasteiger charge is 2.35. The summed E-state index contributed by atoms with van der Waals surface area (Å²) in [7, 11) is -3.52. The summed E-state index contributed by atoms with van der Waals surface area (Å²) in [4.78, 5) is 15.1. The maximum atomic E-state index is 13.0. The molecule has 2 aliphatic rings. The van der Waals surface area contributed by atoms with Crippen molar-refractivity contribution in [1.82, 2.24) is 4.90 Å². The number of fused-ring (bicyclic) bond motifs is 2. The van der Waals surface area contributed by atoms with Crippen molar-refractivity contribution in [3.8, 4) is 0 Å². The molecule has 3 heterocycles. The molecule has 0 aliphatic carbocycles. The summed E-state index contributed by atoms with van der Waals surface area (Å²) in [5.74, 6) is 2.99. The Hall–Kier alpha value is -1.73. The normalized spacial score (nSPS) is 23.0. The molecule has 2 fully saturated rings. The molecule has 2 unspecified atom stereocenters. The second kappa shape index (κ2) is 7.12. The minimum absolute atomic E-state index is 0.164. The highest BCUT2D eigenvalue weighted by molar-refractivity contribution is 7.99. The molecule has 2 saturated heterocycles. The zero-order valence-electron chi connectivity index (χ0n) is 14.3. The number of sulfone groups is 1. The summed E-state index contributed by atoms with van der Waals surface area (Å²) in [5.41, 5.74) is 0.434. The molecule has 0 N–H and O–H groups in total. The third kappa shape index (κ3) is 3.55. The summed E-state index contributed by atoms with van der Waals surface area (Å²) < 4.78 is 30.7. The van der Waals surface area contributed by atoms with Gasteiger partial charge in [0, 0.05) is 18.7 Å². The molecule has 1 aromatic carbocycles. The van der Waals surface area contributed by atoms with Crippen molar-refractivity contribution in [3.05, 3.63) is 54.0 Å². The summed E-state index contributed by atoms with van der Waals surface area (Å²) >= 11 is 1.97. The fourth-order valence-corrected chi connectivity index (χ4v) is 6.48. The van der Waals surface area contributed by atoms with Crippen LogP contribution in [0.3, 0.4) is 0 Å². The van der Waals surface area contributed by atoms with Crippen LogP contribution < -0.4 is 0 Å². The molecule has 0 radical (unpaired) electrons. The molecule has 5 nitrogen and oxygen atoms in total. The van der Waals surface area contributed by atoms with Crippen LogP contribution in [-0.2, 0) is 15.6 Å². The summed E-state index contributed by atoms with van der Waals surface area (Å²) in [6.07, 6.45) is 2.59. The van der Waals surface area contributed by atoms with E-state index in [0.29, 0.717) is 17.4 Å². The lowest BCUT2D eigenvalue weighted by molar-refractivity contribution is 0.0589. The van der Waals surface area contributed by atoms with Crippen LogP contribution in [0.4, 0.5) is 0 Å². The van der Waals surface area contributed by atoms with Crippen molar-refractivity contribution >= 4 is 27.5 Å². The zero-order chi connectivity index (χ0) is 18.1. The van der Waals surface area contributed by atoms with E-state index in [4.69, 9.17) is 4.42 Å². The largest absolute Gasteiger partial charge is 0.459 e. The van der Waals surface area contributed by atoms with Crippen LogP contribution in [0.5, 0.6) is 0 Å². The molecule has 0 saturated carbocycles. The Balaban J connectivity index is 1.54. The predicted octanol–water partition coefficient (Wildman–Crippen LogP) is 3.08. The Kier molecular flexibility index (Phi) is 4.84. The van der Waals surface area contributed by atoms with Gasteiger partial charge in [-0.25, -0.2) is 8.42 Å². The molecular formula is C19H21NO4S2. The van der Waals surface area contributed by atoms with Crippen LogP contribution >= 0.6 is 11.8 Å². The van der Waals surface area contributed by atoms with E-state index in [2.05, 4.69) is 0 Å². The van der Waals surface area contributed by atoms with Gasteiger partial charge in [-0.05, 0) is 48.0 Å². The van der Waals surface area contributed by atoms with Crippen LogP contribution in [0, 0.1) is 11.8 Å². The lowest BCUT2D eigenvalue weighted by Crippen LogP contribution is -2.47. The van der Waals surface area contributed by atoms with E-state index in [0.717, 1.165) is 24.6 Å². The average molecular weight is 392 g/mol. The first-order valence-corrected chi connectivity index (χ1v) is 11.5. The summed E-state index contributed by atoms with van der Waals surface area (Å²) in [6.45, 7) is 1.46. The molecule has 0 spiro atoms. The SMILES string of the molecule is O=C(c1occc1CS(=O)(=O)c1ccccc1)N1CC2CSCC(C2)C1. The number of amides is 1. The van der Waals surface area contributed by atoms with Crippen molar-refractivity contribution in [2.24, 2.45) is 11.8 Å². The van der Waals surface area contributed by atoms with Gasteiger partial charge in [0.2, 0.25) is 0 Å². The summed E-state index contributed by atoms with van der Waals surface area (Å²) in [6, 6.07) is 9.89. The highest BCUT2D eigenvalue weighted by atomic mass is 32.2. The molecule has 1 amide bonds. The first kappa shape index (κ1) is 17.7. The molecule has 138 valence electrons.